The summed E-state index contributed by atoms with van der Waals surface area (Å²) in [6.45, 7) is 8.39. The monoisotopic (exact) mass is 415 g/mol. The van der Waals surface area contributed by atoms with Crippen LogP contribution in [0.25, 0.3) is 0 Å². The van der Waals surface area contributed by atoms with E-state index < -0.39 is 0 Å². The number of amides is 1. The van der Waals surface area contributed by atoms with Gasteiger partial charge in [0.05, 0.1) is 7.11 Å². The van der Waals surface area contributed by atoms with Gasteiger partial charge in [-0.05, 0) is 65.0 Å². The molecule has 0 bridgehead atoms. The van der Waals surface area contributed by atoms with Gasteiger partial charge in [0.1, 0.15) is 0 Å². The van der Waals surface area contributed by atoms with Crippen molar-refractivity contribution in [2.45, 2.75) is 39.3 Å². The fraction of sp³-hybridized carbons (Fsp3) is 0.611. The van der Waals surface area contributed by atoms with E-state index in [2.05, 4.69) is 31.9 Å². The lowest BCUT2D eigenvalue weighted by Crippen LogP contribution is -2.43. The van der Waals surface area contributed by atoms with E-state index >= 15 is 0 Å². The molecule has 0 saturated carbocycles. The molecule has 1 aromatic rings. The Bertz CT molecular complexity index is 559. The highest BCUT2D eigenvalue weighted by atomic mass is 79.9. The topological polar surface area (TPSA) is 71.6 Å². The molecule has 0 unspecified atom stereocenters. The summed E-state index contributed by atoms with van der Waals surface area (Å²) >= 11 is 3.56. The van der Waals surface area contributed by atoms with Crippen molar-refractivity contribution in [1.82, 2.24) is 16.0 Å². The highest BCUT2D eigenvalue weighted by Gasteiger charge is 2.16. The van der Waals surface area contributed by atoms with E-state index in [1.165, 1.54) is 0 Å². The first kappa shape index (κ1) is 21.7. The van der Waals surface area contributed by atoms with Crippen molar-refractivity contribution in [3.05, 3.63) is 22.2 Å². The highest BCUT2D eigenvalue weighted by Crippen LogP contribution is 2.33. The molecule has 0 heterocycles. The largest absolute Gasteiger partial charge is 0.493 e. The Labute approximate surface area is 159 Å². The number of hydrogen-bond acceptors (Lipinski definition) is 5. The van der Waals surface area contributed by atoms with E-state index in [1.807, 2.05) is 40.0 Å². The summed E-state index contributed by atoms with van der Waals surface area (Å²) in [5.41, 5.74) is 0.793. The molecule has 0 atom stereocenters. The van der Waals surface area contributed by atoms with Gasteiger partial charge in [-0.1, -0.05) is 15.9 Å². The third-order valence-electron chi connectivity index (χ3n) is 3.30. The fourth-order valence-corrected chi connectivity index (χ4v) is 2.66. The van der Waals surface area contributed by atoms with E-state index in [0.29, 0.717) is 11.5 Å². The van der Waals surface area contributed by atoms with Gasteiger partial charge in [0, 0.05) is 16.6 Å². The van der Waals surface area contributed by atoms with Gasteiger partial charge in [0.2, 0.25) is 0 Å². The van der Waals surface area contributed by atoms with Crippen LogP contribution >= 0.6 is 15.9 Å². The van der Waals surface area contributed by atoms with Crippen molar-refractivity contribution in [2.75, 3.05) is 33.9 Å². The van der Waals surface area contributed by atoms with Crippen molar-refractivity contribution in [1.29, 1.82) is 0 Å². The number of ether oxygens (including phenoxy) is 2. The minimum atomic E-state index is -0.284. The van der Waals surface area contributed by atoms with E-state index in [9.17, 15) is 4.79 Å². The summed E-state index contributed by atoms with van der Waals surface area (Å²) in [4.78, 5) is 11.9. The van der Waals surface area contributed by atoms with Gasteiger partial charge >= 0.3 is 0 Å². The molecule has 0 fully saturated rings. The Balaban J connectivity index is 2.66. The SMILES string of the molecule is CNCCCNCc1cc(OC)c(OCC(=O)NC(C)(C)C)cc1Br. The number of carbonyl (C=O) groups is 1. The number of nitrogens with one attached hydrogen (secondary N) is 3. The molecule has 1 aromatic carbocycles. The molecule has 3 N–H and O–H groups in total. The minimum absolute atomic E-state index is 0.0539. The lowest BCUT2D eigenvalue weighted by Gasteiger charge is -2.21. The van der Waals surface area contributed by atoms with Crippen LogP contribution in [-0.2, 0) is 11.3 Å². The van der Waals surface area contributed by atoms with Crippen molar-refractivity contribution >= 4 is 21.8 Å². The molecular formula is C18H30BrN3O3. The lowest BCUT2D eigenvalue weighted by atomic mass is 10.1. The zero-order valence-corrected chi connectivity index (χ0v) is 17.4. The second-order valence-corrected chi connectivity index (χ2v) is 7.67. The normalized spacial score (nSPS) is 11.3. The number of methoxy groups -OCH3 is 1. The van der Waals surface area contributed by atoms with Gasteiger partial charge in [-0.15, -0.1) is 0 Å². The van der Waals surface area contributed by atoms with Gasteiger partial charge < -0.3 is 25.4 Å². The van der Waals surface area contributed by atoms with Crippen LogP contribution in [0.5, 0.6) is 11.5 Å². The summed E-state index contributed by atoms with van der Waals surface area (Å²) in [5.74, 6) is 0.983. The molecule has 0 spiro atoms. The minimum Gasteiger partial charge on any atom is -0.493 e. The summed E-state index contributed by atoms with van der Waals surface area (Å²) < 4.78 is 12.0. The van der Waals surface area contributed by atoms with Gasteiger partial charge in [0.25, 0.3) is 5.91 Å². The number of hydrogen-bond donors (Lipinski definition) is 3. The first-order chi connectivity index (χ1) is 11.8. The molecule has 1 rings (SSSR count). The van der Waals surface area contributed by atoms with Crippen molar-refractivity contribution in [3.8, 4) is 11.5 Å². The summed E-state index contributed by atoms with van der Waals surface area (Å²) in [6.07, 6.45) is 1.06. The molecular weight excluding hydrogens is 386 g/mol. The van der Waals surface area contributed by atoms with Gasteiger partial charge in [-0.3, -0.25) is 4.79 Å². The highest BCUT2D eigenvalue weighted by molar-refractivity contribution is 9.10. The maximum Gasteiger partial charge on any atom is 0.258 e. The van der Waals surface area contributed by atoms with E-state index in [4.69, 9.17) is 9.47 Å². The zero-order chi connectivity index (χ0) is 18.9. The number of halogens is 1. The van der Waals surface area contributed by atoms with E-state index in [-0.39, 0.29) is 18.1 Å². The van der Waals surface area contributed by atoms with Crippen LogP contribution in [0.3, 0.4) is 0 Å². The lowest BCUT2D eigenvalue weighted by molar-refractivity contribution is -0.124. The third-order valence-corrected chi connectivity index (χ3v) is 4.04. The van der Waals surface area contributed by atoms with Gasteiger partial charge in [-0.25, -0.2) is 0 Å². The molecule has 0 aromatic heterocycles. The van der Waals surface area contributed by atoms with Crippen LogP contribution in [0.2, 0.25) is 0 Å². The van der Waals surface area contributed by atoms with Crippen LogP contribution in [0, 0.1) is 0 Å². The Morgan fingerprint density at radius 3 is 2.52 bits per heavy atom. The molecule has 0 aliphatic heterocycles. The second-order valence-electron chi connectivity index (χ2n) is 6.82. The molecule has 7 heteroatoms. The summed E-state index contributed by atoms with van der Waals surface area (Å²) in [7, 11) is 3.54. The maximum atomic E-state index is 11.9. The van der Waals surface area contributed by atoms with E-state index in [1.54, 1.807) is 7.11 Å². The van der Waals surface area contributed by atoms with Crippen LogP contribution in [0.1, 0.15) is 32.8 Å². The molecule has 0 aliphatic carbocycles. The van der Waals surface area contributed by atoms with Crippen molar-refractivity contribution in [3.63, 3.8) is 0 Å². The number of benzene rings is 1. The zero-order valence-electron chi connectivity index (χ0n) is 15.8. The molecule has 25 heavy (non-hydrogen) atoms. The smallest absolute Gasteiger partial charge is 0.258 e. The molecule has 1 amide bonds. The Kier molecular flexibility index (Phi) is 9.24. The standard InChI is InChI=1S/C18H30BrN3O3/c1-18(2,3)22-17(23)12-25-16-10-14(19)13(9-15(16)24-5)11-21-8-6-7-20-4/h9-10,20-21H,6-8,11-12H2,1-5H3,(H,22,23). The molecule has 0 aliphatic rings. The summed E-state index contributed by atoms with van der Waals surface area (Å²) in [5, 5.41) is 9.38. The Morgan fingerprint density at radius 2 is 1.92 bits per heavy atom. The second kappa shape index (κ2) is 10.6. The van der Waals surface area contributed by atoms with Crippen LogP contribution in [-0.4, -0.2) is 45.3 Å². The van der Waals surface area contributed by atoms with Crippen LogP contribution < -0.4 is 25.4 Å². The number of rotatable bonds is 10. The third kappa shape index (κ3) is 8.56. The quantitative estimate of drug-likeness (QED) is 0.511. The average Bonchev–Trinajstić information content (AvgIpc) is 2.52. The molecule has 142 valence electrons. The average molecular weight is 416 g/mol. The maximum absolute atomic E-state index is 11.9. The van der Waals surface area contributed by atoms with E-state index in [0.717, 1.165) is 36.1 Å². The Hall–Kier alpha value is -1.31. The van der Waals surface area contributed by atoms with Crippen molar-refractivity contribution in [2.24, 2.45) is 0 Å². The molecule has 0 saturated heterocycles. The predicted octanol–water partition coefficient (Wildman–Crippen LogP) is 2.45. The number of carbonyl (C=O) groups excluding carboxylic acids is 1. The van der Waals surface area contributed by atoms with Crippen molar-refractivity contribution < 1.29 is 14.3 Å². The van der Waals surface area contributed by atoms with Gasteiger partial charge in [0.15, 0.2) is 18.1 Å². The van der Waals surface area contributed by atoms with Gasteiger partial charge in [-0.2, -0.15) is 0 Å². The first-order valence-corrected chi connectivity index (χ1v) is 9.21. The molecule has 0 radical (unpaired) electrons. The first-order valence-electron chi connectivity index (χ1n) is 8.42. The Morgan fingerprint density at radius 1 is 1.20 bits per heavy atom. The summed E-state index contributed by atoms with van der Waals surface area (Å²) in [6, 6.07) is 3.76. The van der Waals surface area contributed by atoms with Crippen LogP contribution in [0.4, 0.5) is 0 Å². The fourth-order valence-electron chi connectivity index (χ4n) is 2.20. The predicted molar refractivity (Wildman–Crippen MR) is 104 cm³/mol. The van der Waals surface area contributed by atoms with Crippen LogP contribution in [0.15, 0.2) is 16.6 Å². The molecule has 6 nitrogen and oxygen atoms in total.